The second-order valence-electron chi connectivity index (χ2n) is 8.44. The van der Waals surface area contributed by atoms with Crippen LogP contribution in [-0.4, -0.2) is 59.8 Å². The summed E-state index contributed by atoms with van der Waals surface area (Å²) >= 11 is 0. The van der Waals surface area contributed by atoms with Gasteiger partial charge in [-0.3, -0.25) is 4.90 Å². The zero-order chi connectivity index (χ0) is 15.6. The predicted molar refractivity (Wildman–Crippen MR) is 89.4 cm³/mol. The minimum atomic E-state index is -0.0805. The third-order valence-electron chi connectivity index (χ3n) is 5.92. The Balaban J connectivity index is 1.89. The fourth-order valence-electron chi connectivity index (χ4n) is 4.27. The predicted octanol–water partition coefficient (Wildman–Crippen LogP) is 2.84. The van der Waals surface area contributed by atoms with Gasteiger partial charge in [-0.25, -0.2) is 0 Å². The summed E-state index contributed by atoms with van der Waals surface area (Å²) in [5.41, 5.74) is 0.382. The molecule has 1 N–H and O–H groups in total. The first-order valence-electron chi connectivity index (χ1n) is 8.95. The van der Waals surface area contributed by atoms with Crippen LogP contribution in [0.25, 0.3) is 0 Å². The van der Waals surface area contributed by atoms with Crippen LogP contribution in [0.1, 0.15) is 53.9 Å². The largest absolute Gasteiger partial charge is 0.393 e. The molecule has 1 saturated heterocycles. The smallest absolute Gasteiger partial charge is 0.0580 e. The van der Waals surface area contributed by atoms with Crippen molar-refractivity contribution in [3.63, 3.8) is 0 Å². The highest BCUT2D eigenvalue weighted by molar-refractivity contribution is 4.88. The van der Waals surface area contributed by atoms with E-state index in [0.717, 1.165) is 32.0 Å². The van der Waals surface area contributed by atoms with Crippen LogP contribution in [0.15, 0.2) is 0 Å². The highest BCUT2D eigenvalue weighted by atomic mass is 16.3. The molecule has 2 fully saturated rings. The van der Waals surface area contributed by atoms with E-state index in [1.807, 2.05) is 0 Å². The Hall–Kier alpha value is -0.120. The van der Waals surface area contributed by atoms with Crippen LogP contribution in [0.5, 0.6) is 0 Å². The third kappa shape index (κ3) is 4.43. The van der Waals surface area contributed by atoms with E-state index < -0.39 is 0 Å². The van der Waals surface area contributed by atoms with Crippen molar-refractivity contribution in [2.24, 2.45) is 17.3 Å². The van der Waals surface area contributed by atoms with Crippen LogP contribution in [0.4, 0.5) is 0 Å². The monoisotopic (exact) mass is 296 g/mol. The summed E-state index contributed by atoms with van der Waals surface area (Å²) in [6.45, 7) is 17.4. The van der Waals surface area contributed by atoms with Gasteiger partial charge >= 0.3 is 0 Å². The minimum absolute atomic E-state index is 0.0805. The molecule has 0 aromatic heterocycles. The van der Waals surface area contributed by atoms with Gasteiger partial charge in [-0.2, -0.15) is 0 Å². The minimum Gasteiger partial charge on any atom is -0.393 e. The molecular weight excluding hydrogens is 260 g/mol. The SMILES string of the molecule is CCN1CCN(CC2CC(C(C)(C)C)CCC2O)CC1C. The number of rotatable bonds is 3. The normalized spacial score (nSPS) is 36.9. The van der Waals surface area contributed by atoms with Gasteiger partial charge in [0, 0.05) is 32.2 Å². The molecule has 3 heteroatoms. The first-order valence-corrected chi connectivity index (χ1v) is 8.95. The van der Waals surface area contributed by atoms with Crippen molar-refractivity contribution in [2.45, 2.75) is 66.0 Å². The summed E-state index contributed by atoms with van der Waals surface area (Å²) in [4.78, 5) is 5.15. The molecule has 1 saturated carbocycles. The zero-order valence-electron chi connectivity index (χ0n) is 14.8. The average Bonchev–Trinajstić information content (AvgIpc) is 2.40. The Kier molecular flexibility index (Phi) is 5.72. The van der Waals surface area contributed by atoms with Crippen molar-refractivity contribution in [1.29, 1.82) is 0 Å². The molecule has 1 heterocycles. The van der Waals surface area contributed by atoms with Crippen molar-refractivity contribution in [2.75, 3.05) is 32.7 Å². The zero-order valence-corrected chi connectivity index (χ0v) is 14.8. The number of likely N-dealkylation sites (N-methyl/N-ethyl adjacent to an activating group) is 1. The molecule has 0 aromatic rings. The maximum absolute atomic E-state index is 10.4. The van der Waals surface area contributed by atoms with Crippen molar-refractivity contribution in [3.8, 4) is 0 Å². The van der Waals surface area contributed by atoms with Gasteiger partial charge in [-0.15, -0.1) is 0 Å². The fourth-order valence-corrected chi connectivity index (χ4v) is 4.27. The molecule has 1 aliphatic carbocycles. The summed E-state index contributed by atoms with van der Waals surface area (Å²) in [6, 6.07) is 0.655. The molecule has 0 aromatic carbocycles. The molecule has 0 radical (unpaired) electrons. The maximum atomic E-state index is 10.4. The first kappa shape index (κ1) is 17.2. The van der Waals surface area contributed by atoms with E-state index in [1.54, 1.807) is 0 Å². The standard InChI is InChI=1S/C18H36N2O/c1-6-20-10-9-19(12-14(20)2)13-15-11-16(18(3,4)5)7-8-17(15)21/h14-17,21H,6-13H2,1-5H3. The van der Waals surface area contributed by atoms with Gasteiger partial charge in [0.05, 0.1) is 6.10 Å². The van der Waals surface area contributed by atoms with Crippen LogP contribution in [0.2, 0.25) is 0 Å². The number of hydrogen-bond acceptors (Lipinski definition) is 3. The number of nitrogens with zero attached hydrogens (tertiary/aromatic N) is 2. The van der Waals surface area contributed by atoms with E-state index in [4.69, 9.17) is 0 Å². The van der Waals surface area contributed by atoms with E-state index in [9.17, 15) is 5.11 Å². The number of piperazine rings is 1. The van der Waals surface area contributed by atoms with Gasteiger partial charge in [0.1, 0.15) is 0 Å². The molecule has 2 aliphatic rings. The lowest BCUT2D eigenvalue weighted by Gasteiger charge is -2.44. The van der Waals surface area contributed by atoms with Gasteiger partial charge in [-0.1, -0.05) is 27.7 Å². The summed E-state index contributed by atoms with van der Waals surface area (Å²) in [5, 5.41) is 10.4. The fraction of sp³-hybridized carbons (Fsp3) is 1.00. The van der Waals surface area contributed by atoms with Gasteiger partial charge in [-0.05, 0) is 50.0 Å². The summed E-state index contributed by atoms with van der Waals surface area (Å²) in [6.07, 6.45) is 3.31. The molecule has 21 heavy (non-hydrogen) atoms. The first-order chi connectivity index (χ1) is 9.81. The Bertz CT molecular complexity index is 326. The summed E-state index contributed by atoms with van der Waals surface area (Å²) in [5.74, 6) is 1.24. The number of aliphatic hydroxyl groups is 1. The van der Waals surface area contributed by atoms with Crippen LogP contribution in [0.3, 0.4) is 0 Å². The molecule has 0 bridgehead atoms. The van der Waals surface area contributed by atoms with Crippen molar-refractivity contribution in [1.82, 2.24) is 9.80 Å². The Morgan fingerprint density at radius 1 is 1.14 bits per heavy atom. The molecule has 124 valence electrons. The molecule has 4 atom stereocenters. The lowest BCUT2D eigenvalue weighted by atomic mass is 9.68. The van der Waals surface area contributed by atoms with Crippen LogP contribution >= 0.6 is 0 Å². The van der Waals surface area contributed by atoms with E-state index in [2.05, 4.69) is 44.4 Å². The third-order valence-corrected chi connectivity index (χ3v) is 5.92. The average molecular weight is 296 g/mol. The van der Waals surface area contributed by atoms with Crippen molar-refractivity contribution >= 4 is 0 Å². The van der Waals surface area contributed by atoms with Gasteiger partial charge in [0.2, 0.25) is 0 Å². The van der Waals surface area contributed by atoms with Crippen molar-refractivity contribution < 1.29 is 5.11 Å². The summed E-state index contributed by atoms with van der Waals surface area (Å²) in [7, 11) is 0. The lowest BCUT2D eigenvalue weighted by molar-refractivity contribution is -0.00973. The highest BCUT2D eigenvalue weighted by Crippen LogP contribution is 2.40. The van der Waals surface area contributed by atoms with Crippen LogP contribution in [0, 0.1) is 17.3 Å². The Morgan fingerprint density at radius 3 is 2.43 bits per heavy atom. The van der Waals surface area contributed by atoms with Gasteiger partial charge in [0.25, 0.3) is 0 Å². The van der Waals surface area contributed by atoms with Gasteiger partial charge < -0.3 is 10.0 Å². The Morgan fingerprint density at radius 2 is 1.86 bits per heavy atom. The molecule has 1 aliphatic heterocycles. The topological polar surface area (TPSA) is 26.7 Å². The van der Waals surface area contributed by atoms with Crippen LogP contribution in [-0.2, 0) is 0 Å². The van der Waals surface area contributed by atoms with E-state index in [0.29, 0.717) is 17.4 Å². The lowest BCUT2D eigenvalue weighted by Crippen LogP contribution is -2.53. The van der Waals surface area contributed by atoms with E-state index in [-0.39, 0.29) is 6.10 Å². The second kappa shape index (κ2) is 6.97. The quantitative estimate of drug-likeness (QED) is 0.867. The molecule has 3 nitrogen and oxygen atoms in total. The molecule has 4 unspecified atom stereocenters. The molecular formula is C18H36N2O. The highest BCUT2D eigenvalue weighted by Gasteiger charge is 2.36. The second-order valence-corrected chi connectivity index (χ2v) is 8.44. The van der Waals surface area contributed by atoms with Gasteiger partial charge in [0.15, 0.2) is 0 Å². The molecule has 0 spiro atoms. The number of aliphatic hydroxyl groups excluding tert-OH is 1. The molecule has 2 rings (SSSR count). The van der Waals surface area contributed by atoms with Crippen LogP contribution < -0.4 is 0 Å². The van der Waals surface area contributed by atoms with Crippen molar-refractivity contribution in [3.05, 3.63) is 0 Å². The number of hydrogen-bond donors (Lipinski definition) is 1. The Labute approximate surface area is 131 Å². The maximum Gasteiger partial charge on any atom is 0.0580 e. The van der Waals surface area contributed by atoms with E-state index >= 15 is 0 Å². The summed E-state index contributed by atoms with van der Waals surface area (Å²) < 4.78 is 0. The van der Waals surface area contributed by atoms with E-state index in [1.165, 1.54) is 25.9 Å². The molecule has 0 amide bonds.